The topological polar surface area (TPSA) is 95.8 Å². The van der Waals surface area contributed by atoms with Gasteiger partial charge in [-0.15, -0.1) is 0 Å². The van der Waals surface area contributed by atoms with E-state index < -0.39 is 0 Å². The summed E-state index contributed by atoms with van der Waals surface area (Å²) < 4.78 is 30.9. The van der Waals surface area contributed by atoms with Crippen molar-refractivity contribution in [1.82, 2.24) is 0 Å². The van der Waals surface area contributed by atoms with Crippen LogP contribution in [0, 0.1) is 0 Å². The number of phenols is 2. The number of benzene rings is 2. The molecule has 0 saturated carbocycles. The molecule has 2 aromatic rings. The quantitative estimate of drug-likeness (QED) is 0.700. The van der Waals surface area contributed by atoms with Gasteiger partial charge in [-0.3, -0.25) is 0 Å². The van der Waals surface area contributed by atoms with Crippen molar-refractivity contribution in [3.05, 3.63) is 24.3 Å². The number of phenolic OH excluding ortho intramolecular Hbond substituents is 2. The van der Waals surface area contributed by atoms with Crippen LogP contribution in [0.4, 0.5) is 0 Å². The maximum absolute atomic E-state index is 9.86. The van der Waals surface area contributed by atoms with Crippen LogP contribution in [-0.4, -0.2) is 46.3 Å². The molecule has 0 saturated heterocycles. The van der Waals surface area contributed by atoms with E-state index in [0.717, 1.165) is 7.69 Å². The Labute approximate surface area is 145 Å². The van der Waals surface area contributed by atoms with Gasteiger partial charge in [0.1, 0.15) is 11.5 Å². The van der Waals surface area contributed by atoms with Crippen LogP contribution in [0.5, 0.6) is 46.0 Å². The average Bonchev–Trinajstić information content (AvgIpc) is 2.63. The average molecular weight is 349 g/mol. The van der Waals surface area contributed by atoms with Gasteiger partial charge in [-0.2, -0.15) is 0 Å². The molecule has 0 aliphatic rings. The molecule has 0 unspecified atom stereocenters. The largest absolute Gasteiger partial charge is 0.658 e. The Morgan fingerprint density at radius 3 is 1.12 bits per heavy atom. The minimum Gasteiger partial charge on any atom is -0.526 e. The Bertz CT molecular complexity index is 623. The predicted molar refractivity (Wildman–Crippen MR) is 89.4 cm³/mol. The molecule has 1 radical (unpaired) electrons. The molecule has 0 aliphatic heterocycles. The normalized spacial score (nSPS) is 9.92. The summed E-state index contributed by atoms with van der Waals surface area (Å²) in [6.45, 7) is 0. The smallest absolute Gasteiger partial charge is 0.526 e. The molecule has 0 aromatic heterocycles. The minimum atomic E-state index is -0.133. The summed E-state index contributed by atoms with van der Waals surface area (Å²) in [5.41, 5.74) is 0. The van der Waals surface area contributed by atoms with Crippen molar-refractivity contribution in [2.45, 2.75) is 0 Å². The molecule has 0 fully saturated rings. The molecule has 0 atom stereocenters. The summed E-state index contributed by atoms with van der Waals surface area (Å²) >= 11 is 0. The summed E-state index contributed by atoms with van der Waals surface area (Å²) in [7, 11) is 6.71. The third-order valence-corrected chi connectivity index (χ3v) is 3.28. The van der Waals surface area contributed by atoms with Crippen LogP contribution in [0.2, 0.25) is 0 Å². The fourth-order valence-corrected chi connectivity index (χ4v) is 2.01. The molecule has 2 aromatic carbocycles. The summed E-state index contributed by atoms with van der Waals surface area (Å²) in [4.78, 5) is 0. The number of hydrogen-bond acceptors (Lipinski definition) is 8. The van der Waals surface area contributed by atoms with Gasteiger partial charge in [0, 0.05) is 24.3 Å². The lowest BCUT2D eigenvalue weighted by atomic mass is 10.2. The van der Waals surface area contributed by atoms with Gasteiger partial charge >= 0.3 is 7.69 Å². The van der Waals surface area contributed by atoms with E-state index in [9.17, 15) is 10.2 Å². The third-order valence-electron chi connectivity index (χ3n) is 3.28. The second kappa shape index (κ2) is 8.14. The molecule has 0 aliphatic carbocycles. The Morgan fingerprint density at radius 2 is 0.880 bits per heavy atom. The Kier molecular flexibility index (Phi) is 5.94. The number of ether oxygens (including phenoxy) is 4. The van der Waals surface area contributed by atoms with Gasteiger partial charge in [-0.05, 0) is 0 Å². The van der Waals surface area contributed by atoms with Gasteiger partial charge in [-0.25, -0.2) is 0 Å². The molecule has 9 heteroatoms. The van der Waals surface area contributed by atoms with Gasteiger partial charge in [0.15, 0.2) is 23.0 Å². The number of aromatic hydroxyl groups is 2. The zero-order valence-electron chi connectivity index (χ0n) is 14.2. The van der Waals surface area contributed by atoms with Crippen LogP contribution in [0.15, 0.2) is 24.3 Å². The molecule has 2 rings (SSSR count). The van der Waals surface area contributed by atoms with Crippen molar-refractivity contribution in [3.8, 4) is 46.0 Å². The molecule has 0 heterocycles. The predicted octanol–water partition coefficient (Wildman–Crippen LogP) is 2.12. The summed E-state index contributed by atoms with van der Waals surface area (Å²) in [5, 5.41) is 19.7. The van der Waals surface area contributed by atoms with E-state index >= 15 is 0 Å². The first-order valence-electron chi connectivity index (χ1n) is 7.09. The van der Waals surface area contributed by atoms with E-state index in [1.54, 1.807) is 0 Å². The van der Waals surface area contributed by atoms with Crippen molar-refractivity contribution < 1.29 is 38.5 Å². The standard InChI is InChI=1S/C16H18BO8/c1-20-11-5-9(6-12(21-2)15(11)18)24-17-25-10-7-13(22-3)16(19)14(8-10)23-4/h5-8,18-19H,1-4H3. The van der Waals surface area contributed by atoms with Crippen molar-refractivity contribution in [3.63, 3.8) is 0 Å². The second-order valence-corrected chi connectivity index (χ2v) is 4.68. The van der Waals surface area contributed by atoms with Crippen LogP contribution >= 0.6 is 0 Å². The van der Waals surface area contributed by atoms with Crippen molar-refractivity contribution in [2.75, 3.05) is 28.4 Å². The highest BCUT2D eigenvalue weighted by Crippen LogP contribution is 2.41. The molecule has 25 heavy (non-hydrogen) atoms. The molecule has 0 spiro atoms. The lowest BCUT2D eigenvalue weighted by Crippen LogP contribution is -2.11. The summed E-state index contributed by atoms with van der Waals surface area (Å²) in [6.07, 6.45) is 0. The van der Waals surface area contributed by atoms with Gasteiger partial charge in [-0.1, -0.05) is 0 Å². The highest BCUT2D eigenvalue weighted by atomic mass is 16.6. The van der Waals surface area contributed by atoms with Gasteiger partial charge in [0.05, 0.1) is 28.4 Å². The van der Waals surface area contributed by atoms with E-state index in [1.165, 1.54) is 52.7 Å². The molecule has 0 bridgehead atoms. The summed E-state index contributed by atoms with van der Waals surface area (Å²) in [5.74, 6) is 1.14. The second-order valence-electron chi connectivity index (χ2n) is 4.68. The van der Waals surface area contributed by atoms with Crippen molar-refractivity contribution in [2.24, 2.45) is 0 Å². The van der Waals surface area contributed by atoms with Crippen molar-refractivity contribution >= 4 is 7.69 Å². The molecule has 133 valence electrons. The molecule has 2 N–H and O–H groups in total. The molecule has 0 amide bonds. The Morgan fingerprint density at radius 1 is 0.600 bits per heavy atom. The molecular formula is C16H18BO8. The molecule has 8 nitrogen and oxygen atoms in total. The van der Waals surface area contributed by atoms with E-state index in [1.807, 2.05) is 0 Å². The van der Waals surface area contributed by atoms with E-state index in [4.69, 9.17) is 28.3 Å². The highest BCUT2D eigenvalue weighted by Gasteiger charge is 2.15. The number of rotatable bonds is 8. The van der Waals surface area contributed by atoms with Gasteiger partial charge < -0.3 is 38.5 Å². The zero-order chi connectivity index (χ0) is 18.4. The van der Waals surface area contributed by atoms with Crippen LogP contribution in [0.3, 0.4) is 0 Å². The first-order valence-corrected chi connectivity index (χ1v) is 7.09. The Balaban J connectivity index is 2.11. The number of methoxy groups -OCH3 is 4. The Hall–Kier alpha value is -3.10. The molecular weight excluding hydrogens is 331 g/mol. The fourth-order valence-electron chi connectivity index (χ4n) is 2.01. The maximum Gasteiger partial charge on any atom is 0.658 e. The van der Waals surface area contributed by atoms with Crippen LogP contribution in [0.25, 0.3) is 0 Å². The van der Waals surface area contributed by atoms with Crippen LogP contribution in [0.1, 0.15) is 0 Å². The highest BCUT2D eigenvalue weighted by molar-refractivity contribution is 6.20. The SMILES string of the molecule is COc1cc(O[B]Oc2cc(OC)c(O)c(OC)c2)cc(OC)c1O. The maximum atomic E-state index is 9.86. The van der Waals surface area contributed by atoms with E-state index in [-0.39, 0.29) is 34.5 Å². The van der Waals surface area contributed by atoms with Crippen LogP contribution < -0.4 is 28.3 Å². The lowest BCUT2D eigenvalue weighted by molar-refractivity contribution is 0.334. The first-order chi connectivity index (χ1) is 12.0. The summed E-state index contributed by atoms with van der Waals surface area (Å²) in [6, 6.07) is 5.87. The van der Waals surface area contributed by atoms with Gasteiger partial charge in [0.2, 0.25) is 11.5 Å². The van der Waals surface area contributed by atoms with Gasteiger partial charge in [0.25, 0.3) is 0 Å². The minimum absolute atomic E-state index is 0.133. The van der Waals surface area contributed by atoms with E-state index in [0.29, 0.717) is 11.5 Å². The fraction of sp³-hybridized carbons (Fsp3) is 0.250. The number of hydrogen-bond donors (Lipinski definition) is 2. The third kappa shape index (κ3) is 4.06. The lowest BCUT2D eigenvalue weighted by Gasteiger charge is -2.13. The van der Waals surface area contributed by atoms with Crippen LogP contribution in [-0.2, 0) is 0 Å². The van der Waals surface area contributed by atoms with Crippen molar-refractivity contribution in [1.29, 1.82) is 0 Å². The first kappa shape index (κ1) is 18.2. The monoisotopic (exact) mass is 349 g/mol. The zero-order valence-corrected chi connectivity index (χ0v) is 14.2. The van der Waals surface area contributed by atoms with E-state index in [2.05, 4.69) is 0 Å².